The lowest BCUT2D eigenvalue weighted by atomic mass is 10.0. The molecule has 2 heterocycles. The van der Waals surface area contributed by atoms with E-state index in [4.69, 9.17) is 4.74 Å². The van der Waals surface area contributed by atoms with E-state index < -0.39 is 0 Å². The molecule has 0 aromatic carbocycles. The Morgan fingerprint density at radius 1 is 0.857 bits per heavy atom. The molecule has 2 fully saturated rings. The summed E-state index contributed by atoms with van der Waals surface area (Å²) in [6.07, 6.45) is 6.69. The highest BCUT2D eigenvalue weighted by Gasteiger charge is 2.31. The molecule has 0 aromatic heterocycles. The molecule has 0 saturated carbocycles. The van der Waals surface area contributed by atoms with E-state index in [9.17, 15) is 0 Å². The predicted molar refractivity (Wildman–Crippen MR) is 27.1 cm³/mol. The van der Waals surface area contributed by atoms with Gasteiger partial charge in [-0.1, -0.05) is 0 Å². The Kier molecular flexibility index (Phi) is 0.680. The standard InChI is InChI=1S/C6H10O/c1-2-6-4-3-5(1)7-6/h5-6H,1-4H2/t5-,6+. The molecular formula is C6H10O. The van der Waals surface area contributed by atoms with Crippen molar-refractivity contribution in [3.63, 3.8) is 0 Å². The summed E-state index contributed by atoms with van der Waals surface area (Å²) in [4.78, 5) is 0. The first kappa shape index (κ1) is 3.90. The molecule has 7 heavy (non-hydrogen) atoms. The molecule has 2 rings (SSSR count). The van der Waals surface area contributed by atoms with Gasteiger partial charge < -0.3 is 4.74 Å². The molecule has 0 aromatic rings. The van der Waals surface area contributed by atoms with Crippen molar-refractivity contribution >= 4 is 0 Å². The van der Waals surface area contributed by atoms with Crippen LogP contribution in [-0.4, -0.2) is 12.2 Å². The summed E-state index contributed by atoms with van der Waals surface area (Å²) in [7, 11) is 0. The Morgan fingerprint density at radius 3 is 1.43 bits per heavy atom. The fourth-order valence-corrected chi connectivity index (χ4v) is 1.58. The highest BCUT2D eigenvalue weighted by Crippen LogP contribution is 2.33. The second-order valence-electron chi connectivity index (χ2n) is 2.53. The van der Waals surface area contributed by atoms with Crippen LogP contribution in [-0.2, 0) is 4.74 Å². The molecule has 0 amide bonds. The predicted octanol–water partition coefficient (Wildman–Crippen LogP) is 1.33. The van der Waals surface area contributed by atoms with Gasteiger partial charge in [0.05, 0.1) is 12.2 Å². The zero-order valence-electron chi connectivity index (χ0n) is 4.39. The molecule has 1 nitrogen and oxygen atoms in total. The van der Waals surface area contributed by atoms with Gasteiger partial charge in [0.15, 0.2) is 0 Å². The van der Waals surface area contributed by atoms with Crippen LogP contribution >= 0.6 is 0 Å². The van der Waals surface area contributed by atoms with Gasteiger partial charge in [-0.25, -0.2) is 0 Å². The number of rotatable bonds is 0. The third kappa shape index (κ3) is 0.480. The topological polar surface area (TPSA) is 9.23 Å². The van der Waals surface area contributed by atoms with Gasteiger partial charge in [0.25, 0.3) is 0 Å². The average molecular weight is 98.1 g/mol. The molecule has 2 aliphatic rings. The lowest BCUT2D eigenvalue weighted by molar-refractivity contribution is 0.105. The highest BCUT2D eigenvalue weighted by atomic mass is 16.5. The summed E-state index contributed by atoms with van der Waals surface area (Å²) >= 11 is 0. The first-order valence-electron chi connectivity index (χ1n) is 3.10. The third-order valence-corrected chi connectivity index (χ3v) is 2.01. The molecule has 0 unspecified atom stereocenters. The van der Waals surface area contributed by atoms with Gasteiger partial charge >= 0.3 is 0 Å². The van der Waals surface area contributed by atoms with E-state index >= 15 is 0 Å². The Bertz CT molecular complexity index is 62.2. The van der Waals surface area contributed by atoms with E-state index in [0.29, 0.717) is 12.2 Å². The zero-order chi connectivity index (χ0) is 4.69. The maximum atomic E-state index is 5.47. The molecule has 0 N–H and O–H groups in total. The first-order valence-corrected chi connectivity index (χ1v) is 3.10. The normalized spacial score (nSPS) is 48.0. The van der Waals surface area contributed by atoms with E-state index in [0.717, 1.165) is 0 Å². The van der Waals surface area contributed by atoms with Gasteiger partial charge in [-0.05, 0) is 25.7 Å². The van der Waals surface area contributed by atoms with Crippen LogP contribution < -0.4 is 0 Å². The largest absolute Gasteiger partial charge is 0.375 e. The Hall–Kier alpha value is -0.0400. The van der Waals surface area contributed by atoms with Gasteiger partial charge in [-0.2, -0.15) is 0 Å². The van der Waals surface area contributed by atoms with E-state index in [1.807, 2.05) is 0 Å². The van der Waals surface area contributed by atoms with E-state index in [-0.39, 0.29) is 0 Å². The molecule has 0 aliphatic carbocycles. The van der Waals surface area contributed by atoms with Crippen LogP contribution in [0.25, 0.3) is 0 Å². The van der Waals surface area contributed by atoms with Crippen LogP contribution in [0.4, 0.5) is 0 Å². The molecule has 0 radical (unpaired) electrons. The van der Waals surface area contributed by atoms with Crippen LogP contribution in [0.2, 0.25) is 0 Å². The van der Waals surface area contributed by atoms with Crippen molar-refractivity contribution in [1.82, 2.24) is 0 Å². The van der Waals surface area contributed by atoms with Crippen molar-refractivity contribution in [2.75, 3.05) is 0 Å². The van der Waals surface area contributed by atoms with Crippen molar-refractivity contribution < 1.29 is 4.74 Å². The Balaban J connectivity index is 2.12. The maximum Gasteiger partial charge on any atom is 0.0580 e. The van der Waals surface area contributed by atoms with Crippen LogP contribution in [0.5, 0.6) is 0 Å². The molecule has 1 heteroatoms. The zero-order valence-corrected chi connectivity index (χ0v) is 4.39. The molecular weight excluding hydrogens is 88.1 g/mol. The minimum Gasteiger partial charge on any atom is -0.375 e. The summed E-state index contributed by atoms with van der Waals surface area (Å²) in [6, 6.07) is 0. The number of ether oxygens (including phenoxy) is 1. The van der Waals surface area contributed by atoms with Crippen LogP contribution in [0.1, 0.15) is 25.7 Å². The summed E-state index contributed by atoms with van der Waals surface area (Å²) < 4.78 is 5.47. The smallest absolute Gasteiger partial charge is 0.0580 e. The number of hydrogen-bond donors (Lipinski definition) is 0. The third-order valence-electron chi connectivity index (χ3n) is 2.01. The second-order valence-corrected chi connectivity index (χ2v) is 2.53. The minimum absolute atomic E-state index is 0.671. The van der Waals surface area contributed by atoms with E-state index in [1.165, 1.54) is 25.7 Å². The van der Waals surface area contributed by atoms with Crippen molar-refractivity contribution in [2.24, 2.45) is 0 Å². The summed E-state index contributed by atoms with van der Waals surface area (Å²) in [5, 5.41) is 0. The fourth-order valence-electron chi connectivity index (χ4n) is 1.58. The second kappa shape index (κ2) is 1.22. The summed E-state index contributed by atoms with van der Waals surface area (Å²) in [5.41, 5.74) is 0. The van der Waals surface area contributed by atoms with Crippen molar-refractivity contribution in [1.29, 1.82) is 0 Å². The van der Waals surface area contributed by atoms with Crippen LogP contribution in [0, 0.1) is 0 Å². The molecule has 40 valence electrons. The minimum atomic E-state index is 0.671. The van der Waals surface area contributed by atoms with E-state index in [1.54, 1.807) is 0 Å². The highest BCUT2D eigenvalue weighted by molar-refractivity contribution is 4.81. The molecule has 2 saturated heterocycles. The average Bonchev–Trinajstić information content (AvgIpc) is 2.22. The van der Waals surface area contributed by atoms with Crippen molar-refractivity contribution in [2.45, 2.75) is 37.9 Å². The summed E-state index contributed by atoms with van der Waals surface area (Å²) in [6.45, 7) is 0. The van der Waals surface area contributed by atoms with Gasteiger partial charge in [-0.15, -0.1) is 0 Å². The van der Waals surface area contributed by atoms with Crippen molar-refractivity contribution in [3.05, 3.63) is 0 Å². The lowest BCUT2D eigenvalue weighted by Gasteiger charge is -2.00. The van der Waals surface area contributed by atoms with Crippen LogP contribution in [0.15, 0.2) is 0 Å². The van der Waals surface area contributed by atoms with Gasteiger partial charge in [-0.3, -0.25) is 0 Å². The molecule has 0 atom stereocenters. The monoisotopic (exact) mass is 98.1 g/mol. The quantitative estimate of drug-likeness (QED) is 0.444. The molecule has 2 aliphatic heterocycles. The summed E-state index contributed by atoms with van der Waals surface area (Å²) in [5.74, 6) is 0. The Labute approximate surface area is 43.7 Å². The number of hydrogen-bond acceptors (Lipinski definition) is 1. The maximum absolute atomic E-state index is 5.47. The SMILES string of the molecule is C1C[C@H]2CC[C@@H]1O2. The first-order chi connectivity index (χ1) is 3.45. The Morgan fingerprint density at radius 2 is 1.29 bits per heavy atom. The van der Waals surface area contributed by atoms with Crippen molar-refractivity contribution in [3.8, 4) is 0 Å². The number of fused-ring (bicyclic) bond motifs is 2. The molecule has 2 bridgehead atoms. The van der Waals surface area contributed by atoms with Crippen LogP contribution in [0.3, 0.4) is 0 Å². The van der Waals surface area contributed by atoms with Gasteiger partial charge in [0.1, 0.15) is 0 Å². The van der Waals surface area contributed by atoms with Gasteiger partial charge in [0, 0.05) is 0 Å². The van der Waals surface area contributed by atoms with Gasteiger partial charge in [0.2, 0.25) is 0 Å². The van der Waals surface area contributed by atoms with E-state index in [2.05, 4.69) is 0 Å². The molecule has 0 spiro atoms. The lowest BCUT2D eigenvalue weighted by Crippen LogP contribution is -1.98. The fraction of sp³-hybridized carbons (Fsp3) is 1.00.